The molecule has 0 unspecified atom stereocenters. The monoisotopic (exact) mass is 331 g/mol. The number of fused-ring (bicyclic) bond motifs is 1. The molecule has 6 nitrogen and oxygen atoms in total. The van der Waals surface area contributed by atoms with Crippen molar-refractivity contribution in [3.8, 4) is 0 Å². The van der Waals surface area contributed by atoms with Crippen LogP contribution in [0.1, 0.15) is 31.7 Å². The standard InChI is InChI=1S/C13H16ClF2N5O/c14-11-18-7-9-10(20-11)21(12(19-9)17-5-6-22)8-1-3-13(15,16)4-2-8/h7-8,22H,1-6H2,(H,17,19). The molecule has 1 saturated carbocycles. The number of imidazole rings is 1. The number of hydrogen-bond donors (Lipinski definition) is 2. The van der Waals surface area contributed by atoms with Crippen LogP contribution in [0, 0.1) is 0 Å². The highest BCUT2D eigenvalue weighted by Crippen LogP contribution is 2.40. The highest BCUT2D eigenvalue weighted by Gasteiger charge is 2.36. The Morgan fingerprint density at radius 2 is 2.09 bits per heavy atom. The molecule has 1 fully saturated rings. The summed E-state index contributed by atoms with van der Waals surface area (Å²) in [6, 6.07) is -0.128. The Hall–Kier alpha value is -1.54. The number of aliphatic hydroxyl groups is 1. The lowest BCUT2D eigenvalue weighted by atomic mass is 9.92. The molecule has 9 heteroatoms. The van der Waals surface area contributed by atoms with E-state index < -0.39 is 5.92 Å². The predicted octanol–water partition coefficient (Wildman–Crippen LogP) is 2.63. The molecule has 0 amide bonds. The van der Waals surface area contributed by atoms with Crippen LogP contribution < -0.4 is 5.32 Å². The maximum Gasteiger partial charge on any atom is 0.248 e. The molecule has 1 aliphatic carbocycles. The normalized spacial score (nSPS) is 18.7. The summed E-state index contributed by atoms with van der Waals surface area (Å²) in [4.78, 5) is 12.4. The quantitative estimate of drug-likeness (QED) is 0.842. The summed E-state index contributed by atoms with van der Waals surface area (Å²) in [7, 11) is 0. The molecule has 1 aliphatic rings. The minimum absolute atomic E-state index is 0.0572. The first-order valence-corrected chi connectivity index (χ1v) is 7.51. The number of halogens is 3. The zero-order valence-electron chi connectivity index (χ0n) is 11.8. The Labute approximate surface area is 130 Å². The van der Waals surface area contributed by atoms with Crippen LogP contribution in [0.5, 0.6) is 0 Å². The number of nitrogens with zero attached hydrogens (tertiary/aromatic N) is 4. The van der Waals surface area contributed by atoms with E-state index in [-0.39, 0.29) is 30.8 Å². The van der Waals surface area contributed by atoms with E-state index in [1.165, 1.54) is 6.20 Å². The van der Waals surface area contributed by atoms with Gasteiger partial charge in [0.2, 0.25) is 17.2 Å². The maximum atomic E-state index is 13.4. The largest absolute Gasteiger partial charge is 0.395 e. The van der Waals surface area contributed by atoms with Crippen molar-refractivity contribution in [1.29, 1.82) is 0 Å². The second-order valence-corrected chi connectivity index (χ2v) is 5.73. The van der Waals surface area contributed by atoms with Crippen LogP contribution in [-0.2, 0) is 0 Å². The molecule has 0 bridgehead atoms. The molecule has 0 spiro atoms. The number of rotatable bonds is 4. The highest BCUT2D eigenvalue weighted by molar-refractivity contribution is 6.28. The number of nitrogens with one attached hydrogen (secondary N) is 1. The smallest absolute Gasteiger partial charge is 0.248 e. The van der Waals surface area contributed by atoms with E-state index in [2.05, 4.69) is 20.3 Å². The van der Waals surface area contributed by atoms with E-state index in [4.69, 9.17) is 16.7 Å². The lowest BCUT2D eigenvalue weighted by Crippen LogP contribution is -2.27. The van der Waals surface area contributed by atoms with Gasteiger partial charge in [-0.15, -0.1) is 0 Å². The van der Waals surface area contributed by atoms with Gasteiger partial charge in [-0.05, 0) is 24.4 Å². The van der Waals surface area contributed by atoms with E-state index in [1.54, 1.807) is 4.57 Å². The summed E-state index contributed by atoms with van der Waals surface area (Å²) < 4.78 is 28.6. The summed E-state index contributed by atoms with van der Waals surface area (Å²) in [5.74, 6) is -2.10. The van der Waals surface area contributed by atoms with Crippen LogP contribution in [-0.4, -0.2) is 43.7 Å². The molecule has 0 saturated heterocycles. The fourth-order valence-corrected chi connectivity index (χ4v) is 2.92. The van der Waals surface area contributed by atoms with E-state index in [0.717, 1.165) is 0 Å². The van der Waals surface area contributed by atoms with Crippen LogP contribution >= 0.6 is 11.6 Å². The van der Waals surface area contributed by atoms with Crippen LogP contribution in [0.25, 0.3) is 11.2 Å². The first kappa shape index (κ1) is 15.4. The van der Waals surface area contributed by atoms with E-state index in [0.29, 0.717) is 36.5 Å². The van der Waals surface area contributed by atoms with Crippen molar-refractivity contribution in [1.82, 2.24) is 19.5 Å². The number of aromatic nitrogens is 4. The van der Waals surface area contributed by atoms with Gasteiger partial charge in [0.05, 0.1) is 12.8 Å². The Morgan fingerprint density at radius 3 is 2.77 bits per heavy atom. The third-order valence-electron chi connectivity index (χ3n) is 3.85. The van der Waals surface area contributed by atoms with Gasteiger partial charge in [0.1, 0.15) is 5.52 Å². The molecular weight excluding hydrogens is 316 g/mol. The van der Waals surface area contributed by atoms with Gasteiger partial charge in [-0.2, -0.15) is 4.98 Å². The lowest BCUT2D eigenvalue weighted by molar-refractivity contribution is -0.0435. The van der Waals surface area contributed by atoms with Crippen molar-refractivity contribution in [2.75, 3.05) is 18.5 Å². The minimum atomic E-state index is -2.60. The SMILES string of the molecule is OCCNc1nc2cnc(Cl)nc2n1C1CCC(F)(F)CC1. The molecule has 0 aliphatic heterocycles. The van der Waals surface area contributed by atoms with Gasteiger partial charge < -0.3 is 10.4 Å². The molecule has 2 N–H and O–H groups in total. The second kappa shape index (κ2) is 5.92. The summed E-state index contributed by atoms with van der Waals surface area (Å²) >= 11 is 5.84. The summed E-state index contributed by atoms with van der Waals surface area (Å²) in [5, 5.41) is 12.0. The highest BCUT2D eigenvalue weighted by atomic mass is 35.5. The number of aliphatic hydroxyl groups excluding tert-OH is 1. The summed E-state index contributed by atoms with van der Waals surface area (Å²) in [6.07, 6.45) is 1.87. The van der Waals surface area contributed by atoms with Gasteiger partial charge in [0, 0.05) is 25.4 Å². The van der Waals surface area contributed by atoms with Crippen LogP contribution in [0.4, 0.5) is 14.7 Å². The van der Waals surface area contributed by atoms with Gasteiger partial charge in [-0.1, -0.05) is 0 Å². The molecule has 22 heavy (non-hydrogen) atoms. The van der Waals surface area contributed by atoms with Crippen molar-refractivity contribution in [2.45, 2.75) is 37.6 Å². The number of alkyl halides is 2. The van der Waals surface area contributed by atoms with Gasteiger partial charge in [-0.25, -0.2) is 18.7 Å². The average molecular weight is 332 g/mol. The zero-order valence-corrected chi connectivity index (χ0v) is 12.5. The Balaban J connectivity index is 1.99. The van der Waals surface area contributed by atoms with Crippen molar-refractivity contribution in [2.24, 2.45) is 0 Å². The molecule has 3 rings (SSSR count). The Kier molecular flexibility index (Phi) is 4.14. The fourth-order valence-electron chi connectivity index (χ4n) is 2.79. The third kappa shape index (κ3) is 2.98. The maximum absolute atomic E-state index is 13.4. The first-order chi connectivity index (χ1) is 10.5. The predicted molar refractivity (Wildman–Crippen MR) is 78.4 cm³/mol. The molecule has 2 heterocycles. The van der Waals surface area contributed by atoms with E-state index >= 15 is 0 Å². The van der Waals surface area contributed by atoms with Crippen LogP contribution in [0.15, 0.2) is 6.20 Å². The van der Waals surface area contributed by atoms with E-state index in [9.17, 15) is 8.78 Å². The average Bonchev–Trinajstić information content (AvgIpc) is 2.83. The summed E-state index contributed by atoms with van der Waals surface area (Å²) in [6.45, 7) is 0.256. The Bertz CT molecular complexity index is 668. The van der Waals surface area contributed by atoms with Crippen molar-refractivity contribution in [3.05, 3.63) is 11.5 Å². The van der Waals surface area contributed by atoms with Gasteiger partial charge in [0.25, 0.3) is 0 Å². The van der Waals surface area contributed by atoms with E-state index in [1.807, 2.05) is 0 Å². The first-order valence-electron chi connectivity index (χ1n) is 7.13. The molecule has 2 aromatic heterocycles. The molecular formula is C13H16ClF2N5O. The van der Waals surface area contributed by atoms with Crippen LogP contribution in [0.2, 0.25) is 5.28 Å². The molecule has 2 aromatic rings. The molecule has 0 radical (unpaired) electrons. The molecule has 0 aromatic carbocycles. The number of anilines is 1. The molecule has 120 valence electrons. The second-order valence-electron chi connectivity index (χ2n) is 5.39. The zero-order chi connectivity index (χ0) is 15.7. The Morgan fingerprint density at radius 1 is 1.36 bits per heavy atom. The molecule has 0 atom stereocenters. The van der Waals surface area contributed by atoms with Gasteiger partial charge >= 0.3 is 0 Å². The fraction of sp³-hybridized carbons (Fsp3) is 0.615. The van der Waals surface area contributed by atoms with Crippen molar-refractivity contribution in [3.63, 3.8) is 0 Å². The third-order valence-corrected chi connectivity index (χ3v) is 4.03. The van der Waals surface area contributed by atoms with Gasteiger partial charge in [-0.3, -0.25) is 4.57 Å². The minimum Gasteiger partial charge on any atom is -0.395 e. The van der Waals surface area contributed by atoms with Crippen molar-refractivity contribution < 1.29 is 13.9 Å². The van der Waals surface area contributed by atoms with Crippen molar-refractivity contribution >= 4 is 28.7 Å². The van der Waals surface area contributed by atoms with Gasteiger partial charge in [0.15, 0.2) is 5.65 Å². The number of hydrogen-bond acceptors (Lipinski definition) is 5. The topological polar surface area (TPSA) is 75.9 Å². The summed E-state index contributed by atoms with van der Waals surface area (Å²) in [5.41, 5.74) is 1.07. The lowest BCUT2D eigenvalue weighted by Gasteiger charge is -2.30. The van der Waals surface area contributed by atoms with Crippen LogP contribution in [0.3, 0.4) is 0 Å².